The molecule has 0 saturated carbocycles. The molecule has 4 aromatic rings. The molecule has 7 heteroatoms. The third-order valence-corrected chi connectivity index (χ3v) is 4.41. The number of hydrogen-bond acceptors (Lipinski definition) is 4. The van der Waals surface area contributed by atoms with Gasteiger partial charge in [0.1, 0.15) is 16.9 Å². The molecule has 3 aromatic carbocycles. The Balaban J connectivity index is 1.66. The Hall–Kier alpha value is -3.87. The van der Waals surface area contributed by atoms with Crippen molar-refractivity contribution < 1.29 is 14.0 Å². The number of fused-ring (bicyclic) bond motifs is 1. The van der Waals surface area contributed by atoms with E-state index in [1.54, 1.807) is 42.5 Å². The molecule has 1 amide bonds. The zero-order chi connectivity index (χ0) is 19.7. The normalized spacial score (nSPS) is 10.8. The van der Waals surface area contributed by atoms with Gasteiger partial charge in [-0.25, -0.2) is 4.39 Å². The topological polar surface area (TPSA) is 87.7 Å². The van der Waals surface area contributed by atoms with E-state index in [0.717, 1.165) is 11.6 Å². The molecule has 0 saturated heterocycles. The van der Waals surface area contributed by atoms with Crippen molar-refractivity contribution in [3.63, 3.8) is 0 Å². The zero-order valence-electron chi connectivity index (χ0n) is 14.9. The summed E-state index contributed by atoms with van der Waals surface area (Å²) in [6.45, 7) is 1.83. The average Bonchev–Trinajstić information content (AvgIpc) is 3.17. The van der Waals surface area contributed by atoms with Crippen molar-refractivity contribution in [1.29, 1.82) is 0 Å². The van der Waals surface area contributed by atoms with E-state index < -0.39 is 11.7 Å². The van der Waals surface area contributed by atoms with E-state index in [-0.39, 0.29) is 22.4 Å². The van der Waals surface area contributed by atoms with Gasteiger partial charge in [0.05, 0.1) is 5.56 Å². The summed E-state index contributed by atoms with van der Waals surface area (Å²) in [7, 11) is 0. The van der Waals surface area contributed by atoms with E-state index in [0.29, 0.717) is 16.8 Å². The first-order valence-electron chi connectivity index (χ1n) is 8.55. The summed E-state index contributed by atoms with van der Waals surface area (Å²) >= 11 is 0. The van der Waals surface area contributed by atoms with Crippen LogP contribution in [0.15, 0.2) is 60.7 Å². The monoisotopic (exact) mass is 374 g/mol. The molecule has 4 rings (SSSR count). The summed E-state index contributed by atoms with van der Waals surface area (Å²) in [5.74, 6) is -1.27. The van der Waals surface area contributed by atoms with Crippen molar-refractivity contribution >= 4 is 28.4 Å². The fourth-order valence-electron chi connectivity index (χ4n) is 2.98. The largest absolute Gasteiger partial charge is 0.322 e. The average molecular weight is 374 g/mol. The van der Waals surface area contributed by atoms with E-state index in [2.05, 4.69) is 20.7 Å². The second kappa shape index (κ2) is 7.03. The van der Waals surface area contributed by atoms with E-state index >= 15 is 0 Å². The quantitative estimate of drug-likeness (QED) is 0.531. The van der Waals surface area contributed by atoms with Crippen LogP contribution in [0.5, 0.6) is 0 Å². The van der Waals surface area contributed by atoms with Gasteiger partial charge in [0.15, 0.2) is 5.78 Å². The van der Waals surface area contributed by atoms with Crippen molar-refractivity contribution in [2.24, 2.45) is 0 Å². The summed E-state index contributed by atoms with van der Waals surface area (Å²) in [6.07, 6.45) is 0. The Morgan fingerprint density at radius 1 is 0.964 bits per heavy atom. The Morgan fingerprint density at radius 3 is 2.54 bits per heavy atom. The number of anilines is 1. The number of carbonyl (C=O) groups excluding carboxylic acids is 2. The van der Waals surface area contributed by atoms with E-state index in [1.165, 1.54) is 6.07 Å². The number of rotatable bonds is 4. The molecule has 1 heterocycles. The molecular weight excluding hydrogens is 359 g/mol. The van der Waals surface area contributed by atoms with Crippen LogP contribution < -0.4 is 5.32 Å². The second-order valence-corrected chi connectivity index (χ2v) is 6.32. The van der Waals surface area contributed by atoms with Crippen LogP contribution in [0.3, 0.4) is 0 Å². The number of aromatic amines is 1. The van der Waals surface area contributed by atoms with Gasteiger partial charge in [-0.15, -0.1) is 0 Å². The maximum absolute atomic E-state index is 13.8. The molecule has 0 aliphatic rings. The molecule has 138 valence electrons. The highest BCUT2D eigenvalue weighted by atomic mass is 19.1. The number of H-pyrrole nitrogens is 1. The highest BCUT2D eigenvalue weighted by molar-refractivity contribution is 6.13. The molecule has 0 atom stereocenters. The lowest BCUT2D eigenvalue weighted by molar-refractivity contribution is 0.102. The van der Waals surface area contributed by atoms with Gasteiger partial charge in [0, 0.05) is 22.9 Å². The number of aromatic nitrogens is 3. The molecule has 0 radical (unpaired) electrons. The number of hydrogen-bond donors (Lipinski definition) is 2. The number of aryl methyl sites for hydroxylation is 1. The van der Waals surface area contributed by atoms with Crippen LogP contribution in [0, 0.1) is 12.7 Å². The Kier molecular flexibility index (Phi) is 4.41. The SMILES string of the molecule is Cc1ccc(NC(=O)c2cc(F)cc3n[nH]nc23)cc1C(=O)c1ccccc1. The van der Waals surface area contributed by atoms with Crippen molar-refractivity contribution in [2.45, 2.75) is 6.92 Å². The third-order valence-electron chi connectivity index (χ3n) is 4.41. The minimum atomic E-state index is -0.588. The molecule has 6 nitrogen and oxygen atoms in total. The summed E-state index contributed by atoms with van der Waals surface area (Å²) in [5.41, 5.74) is 2.84. The summed E-state index contributed by atoms with van der Waals surface area (Å²) in [5, 5.41) is 12.8. The fourth-order valence-corrected chi connectivity index (χ4v) is 2.98. The molecule has 1 aromatic heterocycles. The molecule has 0 bridgehead atoms. The number of benzene rings is 3. The maximum Gasteiger partial charge on any atom is 0.258 e. The van der Waals surface area contributed by atoms with Gasteiger partial charge in [0.25, 0.3) is 5.91 Å². The smallest absolute Gasteiger partial charge is 0.258 e. The molecule has 0 fully saturated rings. The molecule has 2 N–H and O–H groups in total. The van der Waals surface area contributed by atoms with Crippen LogP contribution in [-0.2, 0) is 0 Å². The van der Waals surface area contributed by atoms with Gasteiger partial charge in [-0.1, -0.05) is 36.4 Å². The van der Waals surface area contributed by atoms with Gasteiger partial charge in [-0.3, -0.25) is 9.59 Å². The van der Waals surface area contributed by atoms with Gasteiger partial charge in [-0.2, -0.15) is 15.4 Å². The first-order chi connectivity index (χ1) is 13.5. The highest BCUT2D eigenvalue weighted by Gasteiger charge is 2.17. The van der Waals surface area contributed by atoms with E-state index in [4.69, 9.17) is 0 Å². The maximum atomic E-state index is 13.8. The lowest BCUT2D eigenvalue weighted by atomic mass is 9.98. The Bertz CT molecular complexity index is 1200. The van der Waals surface area contributed by atoms with E-state index in [9.17, 15) is 14.0 Å². The first-order valence-corrected chi connectivity index (χ1v) is 8.55. The molecule has 0 aliphatic heterocycles. The summed E-state index contributed by atoms with van der Waals surface area (Å²) < 4.78 is 13.8. The molecule has 0 spiro atoms. The van der Waals surface area contributed by atoms with Crippen LogP contribution in [0.2, 0.25) is 0 Å². The number of carbonyl (C=O) groups is 2. The van der Waals surface area contributed by atoms with Crippen molar-refractivity contribution in [3.8, 4) is 0 Å². The molecule has 0 unspecified atom stereocenters. The lowest BCUT2D eigenvalue weighted by Gasteiger charge is -2.10. The summed E-state index contributed by atoms with van der Waals surface area (Å²) in [4.78, 5) is 25.4. The first kappa shape index (κ1) is 17.5. The number of ketones is 1. The molecular formula is C21H15FN4O2. The van der Waals surface area contributed by atoms with Crippen LogP contribution >= 0.6 is 0 Å². The van der Waals surface area contributed by atoms with Crippen LogP contribution in [0.1, 0.15) is 31.8 Å². The van der Waals surface area contributed by atoms with Crippen LogP contribution in [-0.4, -0.2) is 27.1 Å². The molecule has 0 aliphatic carbocycles. The number of nitrogens with one attached hydrogen (secondary N) is 2. The Morgan fingerprint density at radius 2 is 1.75 bits per heavy atom. The van der Waals surface area contributed by atoms with Gasteiger partial charge < -0.3 is 5.32 Å². The summed E-state index contributed by atoms with van der Waals surface area (Å²) in [6, 6.07) is 16.2. The standard InChI is InChI=1S/C21H15FN4O2/c1-12-7-8-15(11-16(12)20(27)13-5-3-2-4-6-13)23-21(28)17-9-14(22)10-18-19(17)25-26-24-18/h2-11H,1H3,(H,23,28)(H,24,25,26). The zero-order valence-corrected chi connectivity index (χ0v) is 14.9. The highest BCUT2D eigenvalue weighted by Crippen LogP contribution is 2.22. The second-order valence-electron chi connectivity index (χ2n) is 6.32. The minimum absolute atomic E-state index is 0.0558. The third kappa shape index (κ3) is 3.25. The fraction of sp³-hybridized carbons (Fsp3) is 0.0476. The predicted molar refractivity (Wildman–Crippen MR) is 103 cm³/mol. The van der Waals surface area contributed by atoms with Crippen molar-refractivity contribution in [3.05, 3.63) is 88.7 Å². The minimum Gasteiger partial charge on any atom is -0.322 e. The molecule has 28 heavy (non-hydrogen) atoms. The van der Waals surface area contributed by atoms with Gasteiger partial charge >= 0.3 is 0 Å². The number of nitrogens with zero attached hydrogens (tertiary/aromatic N) is 2. The lowest BCUT2D eigenvalue weighted by Crippen LogP contribution is -2.14. The van der Waals surface area contributed by atoms with Crippen molar-refractivity contribution in [1.82, 2.24) is 15.4 Å². The van der Waals surface area contributed by atoms with Crippen LogP contribution in [0.25, 0.3) is 11.0 Å². The Labute approximate surface area is 159 Å². The van der Waals surface area contributed by atoms with Crippen molar-refractivity contribution in [2.75, 3.05) is 5.32 Å². The number of amides is 1. The van der Waals surface area contributed by atoms with Gasteiger partial charge in [0.2, 0.25) is 0 Å². The van der Waals surface area contributed by atoms with Gasteiger partial charge in [-0.05, 0) is 30.7 Å². The van der Waals surface area contributed by atoms with E-state index in [1.807, 2.05) is 13.0 Å². The number of halogens is 1. The van der Waals surface area contributed by atoms with Crippen LogP contribution in [0.4, 0.5) is 10.1 Å². The predicted octanol–water partition coefficient (Wildman–Crippen LogP) is 3.89.